The Balaban J connectivity index is 2.20. The van der Waals surface area contributed by atoms with Gasteiger partial charge in [-0.25, -0.2) is 14.4 Å². The normalized spacial score (nSPS) is 29.1. The van der Waals surface area contributed by atoms with Crippen LogP contribution in [0.25, 0.3) is 0 Å². The van der Waals surface area contributed by atoms with Crippen molar-refractivity contribution < 1.29 is 9.50 Å². The van der Waals surface area contributed by atoms with Crippen LogP contribution in [0.3, 0.4) is 0 Å². The lowest BCUT2D eigenvalue weighted by molar-refractivity contribution is -0.0257. The molecule has 0 bridgehead atoms. The number of aliphatic hydroxyl groups excluding tert-OH is 1. The van der Waals surface area contributed by atoms with Crippen molar-refractivity contribution >= 4 is 5.95 Å². The lowest BCUT2D eigenvalue weighted by Crippen LogP contribution is -2.55. The van der Waals surface area contributed by atoms with Crippen molar-refractivity contribution in [3.8, 4) is 0 Å². The van der Waals surface area contributed by atoms with E-state index in [4.69, 9.17) is 0 Å². The number of nitrogens with zero attached hydrogens (tertiary/aromatic N) is 3. The second kappa shape index (κ2) is 3.97. The predicted molar refractivity (Wildman–Crippen MR) is 58.9 cm³/mol. The van der Waals surface area contributed by atoms with Crippen LogP contribution in [-0.2, 0) is 0 Å². The molecular weight excluding hydrogens is 209 g/mol. The highest BCUT2D eigenvalue weighted by atomic mass is 19.1. The molecule has 1 fully saturated rings. The number of halogens is 1. The lowest BCUT2D eigenvalue weighted by atomic mass is 9.80. The maximum absolute atomic E-state index is 13.7. The van der Waals surface area contributed by atoms with Gasteiger partial charge < -0.3 is 10.0 Å². The summed E-state index contributed by atoms with van der Waals surface area (Å²) in [5.74, 6) is 0.519. The molecule has 1 aromatic rings. The van der Waals surface area contributed by atoms with E-state index in [1.165, 1.54) is 0 Å². The number of aromatic nitrogens is 2. The third-order valence-electron chi connectivity index (χ3n) is 2.97. The molecule has 1 saturated heterocycles. The molecule has 1 aliphatic rings. The van der Waals surface area contributed by atoms with E-state index in [2.05, 4.69) is 9.97 Å². The summed E-state index contributed by atoms with van der Waals surface area (Å²) in [5, 5.41) is 9.73. The van der Waals surface area contributed by atoms with Crippen molar-refractivity contribution in [2.75, 3.05) is 18.0 Å². The molecule has 2 atom stereocenters. The Labute approximate surface area is 94.1 Å². The fourth-order valence-corrected chi connectivity index (χ4v) is 2.06. The number of rotatable bonds is 1. The molecule has 1 N–H and O–H groups in total. The molecule has 16 heavy (non-hydrogen) atoms. The van der Waals surface area contributed by atoms with E-state index in [-0.39, 0.29) is 6.54 Å². The third kappa shape index (κ3) is 2.00. The molecule has 88 valence electrons. The van der Waals surface area contributed by atoms with Gasteiger partial charge in [-0.2, -0.15) is 0 Å². The van der Waals surface area contributed by atoms with Crippen LogP contribution in [0, 0.1) is 5.41 Å². The Morgan fingerprint density at radius 3 is 2.62 bits per heavy atom. The van der Waals surface area contributed by atoms with Gasteiger partial charge in [-0.15, -0.1) is 0 Å². The largest absolute Gasteiger partial charge is 0.389 e. The van der Waals surface area contributed by atoms with Crippen LogP contribution in [0.2, 0.25) is 0 Å². The number of hydrogen-bond acceptors (Lipinski definition) is 4. The zero-order valence-corrected chi connectivity index (χ0v) is 9.47. The van der Waals surface area contributed by atoms with Crippen molar-refractivity contribution in [3.63, 3.8) is 0 Å². The van der Waals surface area contributed by atoms with Gasteiger partial charge in [0, 0.05) is 24.4 Å². The van der Waals surface area contributed by atoms with Crippen LogP contribution in [-0.4, -0.2) is 40.4 Å². The van der Waals surface area contributed by atoms with Crippen LogP contribution < -0.4 is 4.90 Å². The summed E-state index contributed by atoms with van der Waals surface area (Å²) in [7, 11) is 0. The number of piperidine rings is 1. The summed E-state index contributed by atoms with van der Waals surface area (Å²) in [6.07, 6.45) is 1.08. The number of alkyl halides is 1. The second-order valence-corrected chi connectivity index (χ2v) is 4.88. The van der Waals surface area contributed by atoms with E-state index in [9.17, 15) is 9.50 Å². The highest BCUT2D eigenvalue weighted by Crippen LogP contribution is 2.32. The molecule has 0 spiro atoms. The molecule has 0 amide bonds. The summed E-state index contributed by atoms with van der Waals surface area (Å²) < 4.78 is 13.7. The maximum atomic E-state index is 13.7. The number of aliphatic hydroxyl groups is 1. The second-order valence-electron chi connectivity index (χ2n) is 4.88. The van der Waals surface area contributed by atoms with Crippen LogP contribution in [0.15, 0.2) is 18.5 Å². The van der Waals surface area contributed by atoms with Crippen LogP contribution >= 0.6 is 0 Å². The zero-order valence-electron chi connectivity index (χ0n) is 9.47. The molecular formula is C11H16FN3O. The number of anilines is 1. The quantitative estimate of drug-likeness (QED) is 0.775. The summed E-state index contributed by atoms with van der Waals surface area (Å²) >= 11 is 0. The predicted octanol–water partition coefficient (Wildman–Crippen LogP) is 1.02. The van der Waals surface area contributed by atoms with Crippen molar-refractivity contribution in [2.24, 2.45) is 5.41 Å². The fourth-order valence-electron chi connectivity index (χ4n) is 2.06. The summed E-state index contributed by atoms with van der Waals surface area (Å²) in [5.41, 5.74) is -0.489. The molecule has 4 nitrogen and oxygen atoms in total. The monoisotopic (exact) mass is 225 g/mol. The molecule has 2 heterocycles. The Bertz CT molecular complexity index is 358. The molecule has 1 aliphatic heterocycles. The van der Waals surface area contributed by atoms with E-state index >= 15 is 0 Å². The number of hydrogen-bond donors (Lipinski definition) is 1. The van der Waals surface area contributed by atoms with E-state index in [1.54, 1.807) is 23.4 Å². The standard InChI is InChI=1S/C11H16FN3O/c1-11(2)7-15(6-8(12)9(11)16)10-13-4-3-5-14-10/h3-5,8-9,16H,6-7H2,1-2H3/t8-,9-/m1/s1. The fraction of sp³-hybridized carbons (Fsp3) is 0.636. The highest BCUT2D eigenvalue weighted by molar-refractivity contribution is 5.31. The summed E-state index contributed by atoms with van der Waals surface area (Å²) in [4.78, 5) is 9.96. The highest BCUT2D eigenvalue weighted by Gasteiger charge is 2.42. The van der Waals surface area contributed by atoms with Gasteiger partial charge in [0.25, 0.3) is 0 Å². The Morgan fingerprint density at radius 2 is 2.06 bits per heavy atom. The Kier molecular flexibility index (Phi) is 2.80. The molecule has 1 aromatic heterocycles. The minimum Gasteiger partial charge on any atom is -0.389 e. The molecule has 0 unspecified atom stereocenters. The summed E-state index contributed by atoms with van der Waals surface area (Å²) in [6.45, 7) is 4.39. The van der Waals surface area contributed by atoms with Gasteiger partial charge in [0.2, 0.25) is 5.95 Å². The lowest BCUT2D eigenvalue weighted by Gasteiger charge is -2.43. The Hall–Kier alpha value is -1.23. The molecule has 2 rings (SSSR count). The van der Waals surface area contributed by atoms with Gasteiger partial charge in [-0.05, 0) is 6.07 Å². The Morgan fingerprint density at radius 1 is 1.44 bits per heavy atom. The van der Waals surface area contributed by atoms with Crippen LogP contribution in [0.5, 0.6) is 0 Å². The first-order chi connectivity index (χ1) is 7.50. The third-order valence-corrected chi connectivity index (χ3v) is 2.97. The van der Waals surface area contributed by atoms with Crippen molar-refractivity contribution in [1.82, 2.24) is 9.97 Å². The SMILES string of the molecule is CC1(C)CN(c2ncccn2)C[C@@H](F)[C@H]1O. The van der Waals surface area contributed by atoms with Gasteiger partial charge in [-0.3, -0.25) is 0 Å². The van der Waals surface area contributed by atoms with Gasteiger partial charge in [0.1, 0.15) is 6.17 Å². The van der Waals surface area contributed by atoms with Gasteiger partial charge in [0.15, 0.2) is 0 Å². The average molecular weight is 225 g/mol. The molecule has 0 radical (unpaired) electrons. The summed E-state index contributed by atoms with van der Waals surface area (Å²) in [6, 6.07) is 1.72. The molecule has 0 saturated carbocycles. The average Bonchev–Trinajstić information content (AvgIpc) is 2.26. The maximum Gasteiger partial charge on any atom is 0.225 e. The topological polar surface area (TPSA) is 49.2 Å². The van der Waals surface area contributed by atoms with Crippen molar-refractivity contribution in [2.45, 2.75) is 26.1 Å². The van der Waals surface area contributed by atoms with Gasteiger partial charge >= 0.3 is 0 Å². The van der Waals surface area contributed by atoms with Gasteiger partial charge in [0.05, 0.1) is 12.6 Å². The van der Waals surface area contributed by atoms with E-state index in [0.717, 1.165) is 0 Å². The minimum absolute atomic E-state index is 0.147. The first kappa shape index (κ1) is 11.3. The molecule has 0 aromatic carbocycles. The van der Waals surface area contributed by atoms with Crippen molar-refractivity contribution in [3.05, 3.63) is 18.5 Å². The zero-order chi connectivity index (χ0) is 11.8. The van der Waals surface area contributed by atoms with E-state index < -0.39 is 17.7 Å². The van der Waals surface area contributed by atoms with E-state index in [0.29, 0.717) is 12.5 Å². The minimum atomic E-state index is -1.26. The van der Waals surface area contributed by atoms with Crippen LogP contribution in [0.1, 0.15) is 13.8 Å². The van der Waals surface area contributed by atoms with Crippen molar-refractivity contribution in [1.29, 1.82) is 0 Å². The molecule has 5 heteroatoms. The van der Waals surface area contributed by atoms with Gasteiger partial charge in [-0.1, -0.05) is 13.8 Å². The van der Waals surface area contributed by atoms with Crippen LogP contribution in [0.4, 0.5) is 10.3 Å². The molecule has 0 aliphatic carbocycles. The first-order valence-electron chi connectivity index (χ1n) is 5.35. The first-order valence-corrected chi connectivity index (χ1v) is 5.35. The smallest absolute Gasteiger partial charge is 0.225 e. The van der Waals surface area contributed by atoms with E-state index in [1.807, 2.05) is 13.8 Å².